The lowest BCUT2D eigenvalue weighted by Gasteiger charge is -2.09. The molecule has 20 heavy (non-hydrogen) atoms. The molecule has 0 unspecified atom stereocenters. The molecule has 2 aromatic carbocycles. The van der Waals surface area contributed by atoms with Crippen molar-refractivity contribution in [3.05, 3.63) is 77.1 Å². The van der Waals surface area contributed by atoms with E-state index in [1.54, 1.807) is 19.2 Å². The molecule has 1 aromatic heterocycles. The molecule has 0 atom stereocenters. The van der Waals surface area contributed by atoms with Crippen molar-refractivity contribution in [3.63, 3.8) is 0 Å². The van der Waals surface area contributed by atoms with E-state index >= 15 is 0 Å². The van der Waals surface area contributed by atoms with E-state index in [4.69, 9.17) is 0 Å². The third-order valence-corrected chi connectivity index (χ3v) is 3.25. The highest BCUT2D eigenvalue weighted by Crippen LogP contribution is 2.30. The Morgan fingerprint density at radius 1 is 0.800 bits per heavy atom. The van der Waals surface area contributed by atoms with Crippen molar-refractivity contribution >= 4 is 0 Å². The molecule has 0 N–H and O–H groups in total. The van der Waals surface area contributed by atoms with Crippen LogP contribution in [0.2, 0.25) is 0 Å². The number of hydrogen-bond acceptors (Lipinski definition) is 2. The summed E-state index contributed by atoms with van der Waals surface area (Å²) in [4.78, 5) is 11.5. The Balaban J connectivity index is 2.20. The van der Waals surface area contributed by atoms with E-state index in [2.05, 4.69) is 23.3 Å². The first-order valence-electron chi connectivity index (χ1n) is 6.45. The third-order valence-electron chi connectivity index (χ3n) is 3.25. The van der Waals surface area contributed by atoms with Crippen LogP contribution in [0.25, 0.3) is 22.4 Å². The number of nitrogens with zero attached hydrogens (tertiary/aromatic N) is 2. The van der Waals surface area contributed by atoms with Crippen LogP contribution in [0, 0.1) is 0 Å². The van der Waals surface area contributed by atoms with Crippen LogP contribution in [0.3, 0.4) is 0 Å². The standard InChI is InChI=1S/C17H14N2O/c1-19-17(20)12-11-16(18-19)15-10-6-5-9-14(15)13-7-3-2-4-8-13/h2-12H,1H3. The molecule has 98 valence electrons. The van der Waals surface area contributed by atoms with Gasteiger partial charge in [0, 0.05) is 18.7 Å². The molecule has 0 aliphatic rings. The van der Waals surface area contributed by atoms with Gasteiger partial charge in [0.25, 0.3) is 5.56 Å². The van der Waals surface area contributed by atoms with Gasteiger partial charge in [-0.1, -0.05) is 54.6 Å². The molecule has 0 aliphatic heterocycles. The molecule has 0 saturated heterocycles. The van der Waals surface area contributed by atoms with Gasteiger partial charge in [0.15, 0.2) is 0 Å². The number of aryl methyl sites for hydroxylation is 1. The van der Waals surface area contributed by atoms with Crippen molar-refractivity contribution < 1.29 is 0 Å². The van der Waals surface area contributed by atoms with E-state index in [-0.39, 0.29) is 5.56 Å². The average molecular weight is 262 g/mol. The number of benzene rings is 2. The molecule has 0 aliphatic carbocycles. The Hall–Kier alpha value is -2.68. The van der Waals surface area contributed by atoms with Crippen molar-refractivity contribution in [1.82, 2.24) is 9.78 Å². The summed E-state index contributed by atoms with van der Waals surface area (Å²) in [5.41, 5.74) is 3.96. The van der Waals surface area contributed by atoms with Gasteiger partial charge in [-0.05, 0) is 17.2 Å². The minimum absolute atomic E-state index is 0.106. The normalized spacial score (nSPS) is 10.4. The first kappa shape index (κ1) is 12.4. The minimum Gasteiger partial charge on any atom is -0.268 e. The topological polar surface area (TPSA) is 34.9 Å². The quantitative estimate of drug-likeness (QED) is 0.711. The monoisotopic (exact) mass is 262 g/mol. The zero-order chi connectivity index (χ0) is 13.9. The Labute approximate surface area is 117 Å². The van der Waals surface area contributed by atoms with Gasteiger partial charge >= 0.3 is 0 Å². The van der Waals surface area contributed by atoms with Crippen molar-refractivity contribution in [2.75, 3.05) is 0 Å². The number of rotatable bonds is 2. The molecule has 0 amide bonds. The molecule has 3 aromatic rings. The predicted molar refractivity (Wildman–Crippen MR) is 80.4 cm³/mol. The van der Waals surface area contributed by atoms with Gasteiger partial charge in [-0.2, -0.15) is 5.10 Å². The number of hydrogen-bond donors (Lipinski definition) is 0. The van der Waals surface area contributed by atoms with E-state index in [1.807, 2.05) is 36.4 Å². The summed E-state index contributed by atoms with van der Waals surface area (Å²) in [5.74, 6) is 0. The van der Waals surface area contributed by atoms with Crippen LogP contribution < -0.4 is 5.56 Å². The van der Waals surface area contributed by atoms with Gasteiger partial charge in [-0.25, -0.2) is 4.68 Å². The molecule has 0 fully saturated rings. The molecular weight excluding hydrogens is 248 g/mol. The SMILES string of the molecule is Cn1nc(-c2ccccc2-c2ccccc2)ccc1=O. The molecule has 0 radical (unpaired) electrons. The molecule has 0 saturated carbocycles. The summed E-state index contributed by atoms with van der Waals surface area (Å²) >= 11 is 0. The highest BCUT2D eigenvalue weighted by atomic mass is 16.1. The second-order valence-corrected chi connectivity index (χ2v) is 4.59. The van der Waals surface area contributed by atoms with E-state index in [0.717, 1.165) is 22.4 Å². The van der Waals surface area contributed by atoms with Crippen LogP contribution in [-0.4, -0.2) is 9.78 Å². The van der Waals surface area contributed by atoms with Gasteiger partial charge in [-0.15, -0.1) is 0 Å². The largest absolute Gasteiger partial charge is 0.268 e. The maximum absolute atomic E-state index is 11.5. The summed E-state index contributed by atoms with van der Waals surface area (Å²) < 4.78 is 1.36. The zero-order valence-corrected chi connectivity index (χ0v) is 11.2. The van der Waals surface area contributed by atoms with Gasteiger partial charge < -0.3 is 0 Å². The predicted octanol–water partition coefficient (Wildman–Crippen LogP) is 3.11. The van der Waals surface area contributed by atoms with E-state index in [1.165, 1.54) is 4.68 Å². The summed E-state index contributed by atoms with van der Waals surface area (Å²) in [6, 6.07) is 21.6. The second kappa shape index (κ2) is 5.13. The molecule has 3 rings (SSSR count). The van der Waals surface area contributed by atoms with Crippen molar-refractivity contribution in [3.8, 4) is 22.4 Å². The second-order valence-electron chi connectivity index (χ2n) is 4.59. The van der Waals surface area contributed by atoms with Gasteiger partial charge in [0.05, 0.1) is 5.69 Å². The maximum Gasteiger partial charge on any atom is 0.266 e. The Kier molecular flexibility index (Phi) is 3.17. The van der Waals surface area contributed by atoms with Gasteiger partial charge in [-0.3, -0.25) is 4.79 Å². The summed E-state index contributed by atoms with van der Waals surface area (Å²) in [6.45, 7) is 0. The van der Waals surface area contributed by atoms with Crippen molar-refractivity contribution in [2.24, 2.45) is 7.05 Å². The van der Waals surface area contributed by atoms with E-state index in [0.29, 0.717) is 0 Å². The Bertz CT molecular complexity index is 791. The van der Waals surface area contributed by atoms with Gasteiger partial charge in [0.1, 0.15) is 0 Å². The highest BCUT2D eigenvalue weighted by molar-refractivity contribution is 5.81. The lowest BCUT2D eigenvalue weighted by molar-refractivity contribution is 0.712. The van der Waals surface area contributed by atoms with Crippen molar-refractivity contribution in [1.29, 1.82) is 0 Å². The number of aromatic nitrogens is 2. The van der Waals surface area contributed by atoms with E-state index in [9.17, 15) is 4.79 Å². The zero-order valence-electron chi connectivity index (χ0n) is 11.2. The fraction of sp³-hybridized carbons (Fsp3) is 0.0588. The summed E-state index contributed by atoms with van der Waals surface area (Å²) in [6.07, 6.45) is 0. The lowest BCUT2D eigenvalue weighted by Crippen LogP contribution is -2.18. The molecule has 0 spiro atoms. The van der Waals surface area contributed by atoms with Crippen LogP contribution >= 0.6 is 0 Å². The first-order valence-corrected chi connectivity index (χ1v) is 6.45. The van der Waals surface area contributed by atoms with Crippen LogP contribution in [-0.2, 0) is 7.05 Å². The Morgan fingerprint density at radius 2 is 1.45 bits per heavy atom. The van der Waals surface area contributed by atoms with Crippen LogP contribution in [0.1, 0.15) is 0 Å². The van der Waals surface area contributed by atoms with Crippen molar-refractivity contribution in [2.45, 2.75) is 0 Å². The van der Waals surface area contributed by atoms with Crippen LogP contribution in [0.15, 0.2) is 71.5 Å². The highest BCUT2D eigenvalue weighted by Gasteiger charge is 2.08. The lowest BCUT2D eigenvalue weighted by atomic mass is 9.98. The Morgan fingerprint density at radius 3 is 2.15 bits per heavy atom. The minimum atomic E-state index is -0.106. The molecule has 3 nitrogen and oxygen atoms in total. The summed E-state index contributed by atoms with van der Waals surface area (Å²) in [5, 5.41) is 4.33. The van der Waals surface area contributed by atoms with Gasteiger partial charge in [0.2, 0.25) is 0 Å². The van der Waals surface area contributed by atoms with Crippen LogP contribution in [0.5, 0.6) is 0 Å². The fourth-order valence-corrected chi connectivity index (χ4v) is 2.22. The smallest absolute Gasteiger partial charge is 0.266 e. The first-order chi connectivity index (χ1) is 9.75. The van der Waals surface area contributed by atoms with Crippen LogP contribution in [0.4, 0.5) is 0 Å². The van der Waals surface area contributed by atoms with E-state index < -0.39 is 0 Å². The average Bonchev–Trinajstić information content (AvgIpc) is 2.51. The molecular formula is C17H14N2O. The molecule has 3 heteroatoms. The third kappa shape index (κ3) is 2.26. The fourth-order valence-electron chi connectivity index (χ4n) is 2.22. The molecule has 0 bridgehead atoms. The summed E-state index contributed by atoms with van der Waals surface area (Å²) in [7, 11) is 1.66. The molecule has 1 heterocycles. The maximum atomic E-state index is 11.5.